The van der Waals surface area contributed by atoms with Gasteiger partial charge in [-0.1, -0.05) is 59.7 Å². The number of aryl methyl sites for hydroxylation is 2. The Balaban J connectivity index is 1.46. The van der Waals surface area contributed by atoms with Crippen molar-refractivity contribution in [1.82, 2.24) is 20.2 Å². The lowest BCUT2D eigenvalue weighted by Crippen LogP contribution is -1.86. The minimum atomic E-state index is 0.888. The summed E-state index contributed by atoms with van der Waals surface area (Å²) in [6, 6.07) is 27.0. The molecule has 0 aliphatic carbocycles. The van der Waals surface area contributed by atoms with E-state index in [-0.39, 0.29) is 0 Å². The van der Waals surface area contributed by atoms with E-state index in [2.05, 4.69) is 101 Å². The van der Waals surface area contributed by atoms with Gasteiger partial charge in [0.2, 0.25) is 0 Å². The predicted octanol–water partition coefficient (Wildman–Crippen LogP) is 6.48. The molecule has 31 heavy (non-hydrogen) atoms. The van der Waals surface area contributed by atoms with E-state index in [0.717, 1.165) is 45.0 Å². The topological polar surface area (TPSA) is 54.5 Å². The van der Waals surface area contributed by atoms with Crippen LogP contribution >= 0.6 is 0 Å². The summed E-state index contributed by atoms with van der Waals surface area (Å²) in [4.78, 5) is 9.07. The standard InChI is InChI=1S/C27H22N4/c1-18-3-7-20(8-4-18)24-15-22(11-13-28-24)26-17-27(31-30-26)23-12-14-29-25(16-23)21-9-5-19(2)6-10-21/h3-17H,1-2H3,(H,30,31). The molecule has 0 saturated heterocycles. The molecule has 150 valence electrons. The maximum Gasteiger partial charge on any atom is 0.0928 e. The quantitative estimate of drug-likeness (QED) is 0.374. The van der Waals surface area contributed by atoms with Crippen molar-refractivity contribution in [2.75, 3.05) is 0 Å². The van der Waals surface area contributed by atoms with Crippen LogP contribution in [0.15, 0.2) is 91.3 Å². The number of H-pyrrole nitrogens is 1. The van der Waals surface area contributed by atoms with E-state index in [4.69, 9.17) is 0 Å². The number of rotatable bonds is 4. The molecule has 0 aliphatic rings. The monoisotopic (exact) mass is 402 g/mol. The van der Waals surface area contributed by atoms with Crippen molar-refractivity contribution in [1.29, 1.82) is 0 Å². The molecule has 0 atom stereocenters. The van der Waals surface area contributed by atoms with Crippen LogP contribution in [0.4, 0.5) is 0 Å². The largest absolute Gasteiger partial charge is 0.277 e. The van der Waals surface area contributed by atoms with Gasteiger partial charge in [-0.2, -0.15) is 5.10 Å². The number of hydrogen-bond donors (Lipinski definition) is 1. The van der Waals surface area contributed by atoms with Crippen LogP contribution in [0.3, 0.4) is 0 Å². The van der Waals surface area contributed by atoms with Crippen LogP contribution in [0.1, 0.15) is 11.1 Å². The third-order valence-corrected chi connectivity index (χ3v) is 5.40. The number of aromatic nitrogens is 4. The first-order valence-corrected chi connectivity index (χ1v) is 10.3. The Morgan fingerprint density at radius 1 is 0.516 bits per heavy atom. The third-order valence-electron chi connectivity index (χ3n) is 5.40. The zero-order valence-electron chi connectivity index (χ0n) is 17.5. The summed E-state index contributed by atoms with van der Waals surface area (Å²) >= 11 is 0. The van der Waals surface area contributed by atoms with Gasteiger partial charge in [-0.25, -0.2) is 0 Å². The number of aromatic amines is 1. The fourth-order valence-corrected chi connectivity index (χ4v) is 3.57. The molecule has 0 spiro atoms. The normalized spacial score (nSPS) is 10.9. The molecule has 0 aliphatic heterocycles. The molecule has 3 heterocycles. The number of benzene rings is 2. The van der Waals surface area contributed by atoms with Crippen molar-refractivity contribution in [3.8, 4) is 45.0 Å². The van der Waals surface area contributed by atoms with Gasteiger partial charge >= 0.3 is 0 Å². The van der Waals surface area contributed by atoms with Crippen LogP contribution in [0, 0.1) is 13.8 Å². The summed E-state index contributed by atoms with van der Waals surface area (Å²) in [5, 5.41) is 7.73. The van der Waals surface area contributed by atoms with Gasteiger partial charge in [0.05, 0.1) is 22.8 Å². The van der Waals surface area contributed by atoms with Crippen LogP contribution in [0.5, 0.6) is 0 Å². The molecule has 0 unspecified atom stereocenters. The summed E-state index contributed by atoms with van der Waals surface area (Å²) in [6.45, 7) is 4.17. The zero-order chi connectivity index (χ0) is 21.2. The second kappa shape index (κ2) is 8.00. The Kier molecular flexibility index (Phi) is 4.89. The van der Waals surface area contributed by atoms with Crippen LogP contribution in [0.25, 0.3) is 45.0 Å². The molecule has 4 nitrogen and oxygen atoms in total. The molecule has 0 saturated carbocycles. The maximum absolute atomic E-state index is 4.55. The van der Waals surface area contributed by atoms with Crippen molar-refractivity contribution in [2.45, 2.75) is 13.8 Å². The van der Waals surface area contributed by atoms with Crippen molar-refractivity contribution >= 4 is 0 Å². The molecule has 2 aromatic carbocycles. The smallest absolute Gasteiger partial charge is 0.0928 e. The number of nitrogens with one attached hydrogen (secondary N) is 1. The Hall–Kier alpha value is -4.05. The minimum absolute atomic E-state index is 0.888. The lowest BCUT2D eigenvalue weighted by Gasteiger charge is -2.04. The van der Waals surface area contributed by atoms with Gasteiger partial charge < -0.3 is 0 Å². The van der Waals surface area contributed by atoms with Gasteiger partial charge in [-0.15, -0.1) is 0 Å². The van der Waals surface area contributed by atoms with Gasteiger partial charge in [0.15, 0.2) is 0 Å². The van der Waals surface area contributed by atoms with E-state index in [0.29, 0.717) is 0 Å². The maximum atomic E-state index is 4.55. The molecular formula is C27H22N4. The van der Waals surface area contributed by atoms with E-state index in [1.54, 1.807) is 0 Å². The van der Waals surface area contributed by atoms with E-state index in [1.165, 1.54) is 11.1 Å². The van der Waals surface area contributed by atoms with Gasteiger partial charge in [0.25, 0.3) is 0 Å². The fraction of sp³-hybridized carbons (Fsp3) is 0.0741. The fourth-order valence-electron chi connectivity index (χ4n) is 3.57. The Morgan fingerprint density at radius 3 is 1.61 bits per heavy atom. The summed E-state index contributed by atoms with van der Waals surface area (Å²) in [7, 11) is 0. The van der Waals surface area contributed by atoms with Gasteiger partial charge in [-0.3, -0.25) is 15.1 Å². The second-order valence-electron chi connectivity index (χ2n) is 7.76. The first-order valence-electron chi connectivity index (χ1n) is 10.3. The highest BCUT2D eigenvalue weighted by Crippen LogP contribution is 2.28. The summed E-state index contributed by atoms with van der Waals surface area (Å²) in [5.74, 6) is 0. The molecule has 1 N–H and O–H groups in total. The second-order valence-corrected chi connectivity index (χ2v) is 7.76. The number of nitrogens with zero attached hydrogens (tertiary/aromatic N) is 3. The molecule has 0 radical (unpaired) electrons. The van der Waals surface area contributed by atoms with Crippen molar-refractivity contribution in [3.63, 3.8) is 0 Å². The van der Waals surface area contributed by atoms with Crippen LogP contribution in [-0.2, 0) is 0 Å². The summed E-state index contributed by atoms with van der Waals surface area (Å²) in [5.41, 5.74) is 10.5. The van der Waals surface area contributed by atoms with E-state index >= 15 is 0 Å². The Morgan fingerprint density at radius 2 is 1.03 bits per heavy atom. The van der Waals surface area contributed by atoms with Crippen molar-refractivity contribution < 1.29 is 0 Å². The molecule has 5 aromatic rings. The highest BCUT2D eigenvalue weighted by Gasteiger charge is 2.09. The number of pyridine rings is 2. The number of hydrogen-bond acceptors (Lipinski definition) is 3. The van der Waals surface area contributed by atoms with E-state index < -0.39 is 0 Å². The molecule has 0 amide bonds. The SMILES string of the molecule is Cc1ccc(-c2cc(-c3cc(-c4ccnc(-c5ccc(C)cc5)c4)[nH]n3)ccn2)cc1. The first kappa shape index (κ1) is 18.9. The van der Waals surface area contributed by atoms with Crippen LogP contribution < -0.4 is 0 Å². The summed E-state index contributed by atoms with van der Waals surface area (Å²) in [6.07, 6.45) is 3.67. The zero-order valence-corrected chi connectivity index (χ0v) is 17.5. The average molecular weight is 403 g/mol. The highest BCUT2D eigenvalue weighted by molar-refractivity contribution is 5.74. The van der Waals surface area contributed by atoms with Gasteiger partial charge in [-0.05, 0) is 44.2 Å². The van der Waals surface area contributed by atoms with Gasteiger partial charge in [0, 0.05) is 34.6 Å². The molecular weight excluding hydrogens is 380 g/mol. The molecule has 5 rings (SSSR count). The highest BCUT2D eigenvalue weighted by atomic mass is 15.1. The molecule has 0 fully saturated rings. The summed E-state index contributed by atoms with van der Waals surface area (Å²) < 4.78 is 0. The third kappa shape index (κ3) is 4.01. The van der Waals surface area contributed by atoms with Crippen molar-refractivity contribution in [3.05, 3.63) is 102 Å². The van der Waals surface area contributed by atoms with Crippen LogP contribution in [-0.4, -0.2) is 20.2 Å². The Bertz CT molecular complexity index is 1230. The van der Waals surface area contributed by atoms with Gasteiger partial charge in [0.1, 0.15) is 0 Å². The molecule has 4 heteroatoms. The minimum Gasteiger partial charge on any atom is -0.277 e. The van der Waals surface area contributed by atoms with Crippen molar-refractivity contribution in [2.24, 2.45) is 0 Å². The Labute approximate surface area is 181 Å². The van der Waals surface area contributed by atoms with E-state index in [1.807, 2.05) is 24.5 Å². The molecule has 3 aromatic heterocycles. The van der Waals surface area contributed by atoms with E-state index in [9.17, 15) is 0 Å². The molecule has 0 bridgehead atoms. The average Bonchev–Trinajstić information content (AvgIpc) is 3.31. The first-order chi connectivity index (χ1) is 15.2. The predicted molar refractivity (Wildman–Crippen MR) is 125 cm³/mol. The lowest BCUT2D eigenvalue weighted by atomic mass is 10.0. The lowest BCUT2D eigenvalue weighted by molar-refractivity contribution is 1.10. The van der Waals surface area contributed by atoms with Crippen LogP contribution in [0.2, 0.25) is 0 Å².